The van der Waals surface area contributed by atoms with Crippen LogP contribution in [-0.2, 0) is 14.8 Å². The van der Waals surface area contributed by atoms with Crippen LogP contribution < -0.4 is 4.72 Å². The van der Waals surface area contributed by atoms with E-state index < -0.39 is 16.0 Å². The van der Waals surface area contributed by atoms with Crippen molar-refractivity contribution in [3.8, 4) is 0 Å². The van der Waals surface area contributed by atoms with E-state index in [2.05, 4.69) is 4.72 Å². The Morgan fingerprint density at radius 3 is 2.48 bits per heavy atom. The van der Waals surface area contributed by atoms with Gasteiger partial charge in [0.2, 0.25) is 10.0 Å². The highest BCUT2D eigenvalue weighted by Crippen LogP contribution is 2.22. The maximum atomic E-state index is 12.1. The number of carboxylic acids is 1. The molecule has 5 nitrogen and oxygen atoms in total. The molecule has 1 atom stereocenters. The maximum absolute atomic E-state index is 12.1. The summed E-state index contributed by atoms with van der Waals surface area (Å²) in [5, 5.41) is 8.74. The van der Waals surface area contributed by atoms with Crippen LogP contribution in [0.4, 0.5) is 0 Å². The minimum Gasteiger partial charge on any atom is -0.481 e. The number of aryl methyl sites for hydroxylation is 1. The Labute approximate surface area is 130 Å². The summed E-state index contributed by atoms with van der Waals surface area (Å²) in [6, 6.07) is 3.38. The quantitative estimate of drug-likeness (QED) is 0.728. The van der Waals surface area contributed by atoms with E-state index in [1.807, 2.05) is 20.8 Å². The van der Waals surface area contributed by atoms with Crippen LogP contribution in [-0.4, -0.2) is 26.0 Å². The number of carbonyl (C=O) groups is 1. The van der Waals surface area contributed by atoms with Crippen LogP contribution in [0.5, 0.6) is 0 Å². The minimum absolute atomic E-state index is 0.125. The lowest BCUT2D eigenvalue weighted by Gasteiger charge is -2.20. The lowest BCUT2D eigenvalue weighted by molar-refractivity contribution is -0.137. The summed E-state index contributed by atoms with van der Waals surface area (Å²) in [7, 11) is -3.44. The summed E-state index contributed by atoms with van der Waals surface area (Å²) in [6.07, 6.45) is 1.35. The molecule has 0 aromatic carbocycles. The second-order valence-electron chi connectivity index (χ2n) is 5.49. The van der Waals surface area contributed by atoms with Crippen LogP contribution in [0.15, 0.2) is 16.3 Å². The van der Waals surface area contributed by atoms with Crippen LogP contribution in [0.1, 0.15) is 38.0 Å². The van der Waals surface area contributed by atoms with Gasteiger partial charge in [0, 0.05) is 17.8 Å². The molecule has 1 unspecified atom stereocenters. The van der Waals surface area contributed by atoms with Gasteiger partial charge in [-0.15, -0.1) is 11.3 Å². The molecule has 0 aliphatic carbocycles. The summed E-state index contributed by atoms with van der Waals surface area (Å²) in [6.45, 7) is 6.26. The third-order valence-corrected chi connectivity index (χ3v) is 6.41. The van der Waals surface area contributed by atoms with Crippen molar-refractivity contribution in [3.05, 3.63) is 17.0 Å². The molecule has 0 bridgehead atoms. The van der Waals surface area contributed by atoms with Gasteiger partial charge in [0.25, 0.3) is 0 Å². The predicted octanol–water partition coefficient (Wildman–Crippen LogP) is 2.86. The zero-order valence-electron chi connectivity index (χ0n) is 12.6. The highest BCUT2D eigenvalue weighted by molar-refractivity contribution is 7.91. The Hall–Kier alpha value is -0.920. The molecular weight excluding hydrogens is 310 g/mol. The van der Waals surface area contributed by atoms with E-state index in [0.29, 0.717) is 29.5 Å². The fraction of sp³-hybridized carbons (Fsp3) is 0.643. The van der Waals surface area contributed by atoms with Gasteiger partial charge >= 0.3 is 5.97 Å². The predicted molar refractivity (Wildman–Crippen MR) is 84.1 cm³/mol. The standard InChI is InChI=1S/C14H23NO4S2/c1-10(2)12(5-6-13(16)17)8-9-15-21(18,19)14-7-4-11(3)20-14/h4,7,10,12,15H,5-6,8-9H2,1-3H3,(H,16,17). The topological polar surface area (TPSA) is 83.5 Å². The summed E-state index contributed by atoms with van der Waals surface area (Å²) >= 11 is 1.25. The molecule has 21 heavy (non-hydrogen) atoms. The molecular formula is C14H23NO4S2. The van der Waals surface area contributed by atoms with E-state index in [1.54, 1.807) is 12.1 Å². The number of aliphatic carboxylic acids is 1. The Balaban J connectivity index is 2.51. The Morgan fingerprint density at radius 2 is 2.00 bits per heavy atom. The van der Waals surface area contributed by atoms with Crippen molar-refractivity contribution in [1.82, 2.24) is 4.72 Å². The molecule has 0 saturated carbocycles. The molecule has 0 fully saturated rings. The molecule has 1 heterocycles. The first kappa shape index (κ1) is 18.1. The van der Waals surface area contributed by atoms with Crippen molar-refractivity contribution in [2.45, 2.75) is 44.2 Å². The van der Waals surface area contributed by atoms with Gasteiger partial charge < -0.3 is 5.11 Å². The Bertz CT molecular complexity index is 563. The van der Waals surface area contributed by atoms with Crippen LogP contribution in [0.2, 0.25) is 0 Å². The summed E-state index contributed by atoms with van der Waals surface area (Å²) < 4.78 is 27.1. The number of rotatable bonds is 9. The molecule has 0 amide bonds. The van der Waals surface area contributed by atoms with Gasteiger partial charge in [-0.25, -0.2) is 13.1 Å². The summed E-state index contributed by atoms with van der Waals surface area (Å²) in [5.41, 5.74) is 0. The van der Waals surface area contributed by atoms with Crippen LogP contribution >= 0.6 is 11.3 Å². The van der Waals surface area contributed by atoms with Gasteiger partial charge in [-0.3, -0.25) is 4.79 Å². The van der Waals surface area contributed by atoms with Crippen molar-refractivity contribution in [2.75, 3.05) is 6.54 Å². The zero-order chi connectivity index (χ0) is 16.0. The second kappa shape index (κ2) is 7.91. The van der Waals surface area contributed by atoms with E-state index >= 15 is 0 Å². The number of hydrogen-bond donors (Lipinski definition) is 2. The first-order chi connectivity index (χ1) is 9.72. The van der Waals surface area contributed by atoms with Crippen molar-refractivity contribution in [3.63, 3.8) is 0 Å². The smallest absolute Gasteiger partial charge is 0.303 e. The maximum Gasteiger partial charge on any atom is 0.303 e. The molecule has 0 saturated heterocycles. The third kappa shape index (κ3) is 6.15. The first-order valence-electron chi connectivity index (χ1n) is 7.00. The van der Waals surface area contributed by atoms with Crippen molar-refractivity contribution in [2.24, 2.45) is 11.8 Å². The van der Waals surface area contributed by atoms with Gasteiger partial charge in [0.05, 0.1) is 0 Å². The van der Waals surface area contributed by atoms with Crippen LogP contribution in [0, 0.1) is 18.8 Å². The number of hydrogen-bond acceptors (Lipinski definition) is 4. The third-order valence-electron chi connectivity index (χ3n) is 3.46. The molecule has 0 aliphatic rings. The van der Waals surface area contributed by atoms with Crippen molar-refractivity contribution >= 4 is 27.3 Å². The van der Waals surface area contributed by atoms with Gasteiger partial charge in [-0.05, 0) is 43.7 Å². The zero-order valence-corrected chi connectivity index (χ0v) is 14.3. The molecule has 2 N–H and O–H groups in total. The molecule has 7 heteroatoms. The Morgan fingerprint density at radius 1 is 1.33 bits per heavy atom. The minimum atomic E-state index is -3.44. The molecule has 1 rings (SSSR count). The number of nitrogens with one attached hydrogen (secondary N) is 1. The molecule has 1 aromatic heterocycles. The average molecular weight is 333 g/mol. The van der Waals surface area contributed by atoms with Crippen LogP contribution in [0.25, 0.3) is 0 Å². The van der Waals surface area contributed by atoms with Gasteiger partial charge in [0.15, 0.2) is 0 Å². The molecule has 0 spiro atoms. The van der Waals surface area contributed by atoms with Crippen molar-refractivity contribution < 1.29 is 18.3 Å². The highest BCUT2D eigenvalue weighted by atomic mass is 32.2. The normalized spacial score (nSPS) is 13.5. The van der Waals surface area contributed by atoms with E-state index in [-0.39, 0.29) is 12.3 Å². The van der Waals surface area contributed by atoms with E-state index in [1.165, 1.54) is 11.3 Å². The molecule has 1 aromatic rings. The summed E-state index contributed by atoms with van der Waals surface area (Å²) in [4.78, 5) is 11.6. The second-order valence-corrected chi connectivity index (χ2v) is 8.77. The molecule has 120 valence electrons. The lowest BCUT2D eigenvalue weighted by Crippen LogP contribution is -2.26. The Kier molecular flexibility index (Phi) is 6.83. The number of thiophene rings is 1. The monoisotopic (exact) mass is 333 g/mol. The van der Waals surface area contributed by atoms with Gasteiger partial charge in [-0.2, -0.15) is 0 Å². The summed E-state index contributed by atoms with van der Waals surface area (Å²) in [5.74, 6) is -0.276. The van der Waals surface area contributed by atoms with Crippen LogP contribution in [0.3, 0.4) is 0 Å². The fourth-order valence-electron chi connectivity index (χ4n) is 2.13. The van der Waals surface area contributed by atoms with E-state index in [0.717, 1.165) is 4.88 Å². The molecule has 0 radical (unpaired) electrons. The fourth-order valence-corrected chi connectivity index (χ4v) is 4.50. The first-order valence-corrected chi connectivity index (χ1v) is 9.30. The highest BCUT2D eigenvalue weighted by Gasteiger charge is 2.19. The largest absolute Gasteiger partial charge is 0.481 e. The SMILES string of the molecule is Cc1ccc(S(=O)(=O)NCCC(CCC(=O)O)C(C)C)s1. The van der Waals surface area contributed by atoms with Crippen molar-refractivity contribution in [1.29, 1.82) is 0 Å². The number of sulfonamides is 1. The average Bonchev–Trinajstić information content (AvgIpc) is 2.80. The van der Waals surface area contributed by atoms with Gasteiger partial charge in [0.1, 0.15) is 4.21 Å². The lowest BCUT2D eigenvalue weighted by atomic mass is 9.88. The number of carboxylic acid groups (broad SMARTS) is 1. The van der Waals surface area contributed by atoms with E-state index in [9.17, 15) is 13.2 Å². The van der Waals surface area contributed by atoms with Gasteiger partial charge in [-0.1, -0.05) is 13.8 Å². The molecule has 0 aliphatic heterocycles. The van der Waals surface area contributed by atoms with E-state index in [4.69, 9.17) is 5.11 Å².